The fraction of sp³-hybridized carbons (Fsp3) is 1.00. The third-order valence-corrected chi connectivity index (χ3v) is 3.33. The van der Waals surface area contributed by atoms with E-state index < -0.39 is 0 Å². The van der Waals surface area contributed by atoms with Crippen LogP contribution in [0.4, 0.5) is 0 Å². The first kappa shape index (κ1) is 10.3. The second-order valence-corrected chi connectivity index (χ2v) is 4.50. The fourth-order valence-electron chi connectivity index (χ4n) is 1.45. The maximum atomic E-state index is 4.99. The van der Waals surface area contributed by atoms with Crippen molar-refractivity contribution >= 4 is 11.8 Å². The zero-order valence-electron chi connectivity index (χ0n) is 7.66. The van der Waals surface area contributed by atoms with Gasteiger partial charge >= 0.3 is 0 Å². The molecule has 0 radical (unpaired) electrons. The molecule has 1 aliphatic rings. The molecular formula is C8H18N2OS. The van der Waals surface area contributed by atoms with Crippen LogP contribution in [-0.4, -0.2) is 42.6 Å². The Hall–Kier alpha value is 0.230. The van der Waals surface area contributed by atoms with E-state index >= 15 is 0 Å². The molecule has 1 aliphatic heterocycles. The second kappa shape index (κ2) is 5.80. The Morgan fingerprint density at radius 3 is 3.25 bits per heavy atom. The highest BCUT2D eigenvalue weighted by Gasteiger charge is 2.13. The summed E-state index contributed by atoms with van der Waals surface area (Å²) in [7, 11) is 0. The molecule has 0 aromatic rings. The summed E-state index contributed by atoms with van der Waals surface area (Å²) in [6.07, 6.45) is 0. The number of thioether (sulfide) groups is 1. The maximum absolute atomic E-state index is 4.99. The first-order valence-corrected chi connectivity index (χ1v) is 5.60. The van der Waals surface area contributed by atoms with Crippen LogP contribution in [0.1, 0.15) is 6.92 Å². The van der Waals surface area contributed by atoms with Gasteiger partial charge < -0.3 is 4.84 Å². The Kier molecular flexibility index (Phi) is 4.99. The molecule has 1 fully saturated rings. The highest BCUT2D eigenvalue weighted by Crippen LogP contribution is 2.14. The summed E-state index contributed by atoms with van der Waals surface area (Å²) in [6, 6.07) is 0. The third kappa shape index (κ3) is 3.76. The van der Waals surface area contributed by atoms with E-state index in [0.717, 1.165) is 12.5 Å². The van der Waals surface area contributed by atoms with Crippen molar-refractivity contribution in [3.8, 4) is 0 Å². The Morgan fingerprint density at radius 1 is 1.67 bits per heavy atom. The van der Waals surface area contributed by atoms with E-state index in [1.165, 1.54) is 24.6 Å². The average Bonchev–Trinajstić information content (AvgIpc) is 2.26. The van der Waals surface area contributed by atoms with E-state index in [0.29, 0.717) is 6.61 Å². The lowest BCUT2D eigenvalue weighted by molar-refractivity contribution is 0.104. The number of nitrogens with zero attached hydrogens (tertiary/aromatic N) is 1. The predicted octanol–water partition coefficient (Wildman–Crippen LogP) is 0.562. The molecule has 0 aliphatic carbocycles. The molecule has 0 spiro atoms. The minimum atomic E-state index is 0.650. The van der Waals surface area contributed by atoms with Gasteiger partial charge in [-0.25, -0.2) is 5.90 Å². The largest absolute Gasteiger partial charge is 0.303 e. The van der Waals surface area contributed by atoms with Crippen molar-refractivity contribution in [3.63, 3.8) is 0 Å². The average molecular weight is 190 g/mol. The summed E-state index contributed by atoms with van der Waals surface area (Å²) in [5, 5.41) is 0. The summed E-state index contributed by atoms with van der Waals surface area (Å²) in [5.41, 5.74) is 0. The molecule has 12 heavy (non-hydrogen) atoms. The van der Waals surface area contributed by atoms with Gasteiger partial charge in [0.15, 0.2) is 0 Å². The molecule has 1 rings (SSSR count). The van der Waals surface area contributed by atoms with Gasteiger partial charge in [0.1, 0.15) is 0 Å². The van der Waals surface area contributed by atoms with Crippen LogP contribution in [0.2, 0.25) is 0 Å². The standard InChI is InChI=1S/C8H18N2OS/c1-8-6-10(2-4-11-9)3-5-12-7-8/h8H,2-7,9H2,1H3. The molecule has 1 heterocycles. The van der Waals surface area contributed by atoms with Crippen molar-refractivity contribution in [2.75, 3.05) is 37.7 Å². The first-order chi connectivity index (χ1) is 5.83. The molecule has 72 valence electrons. The summed E-state index contributed by atoms with van der Waals surface area (Å²) in [5.74, 6) is 8.33. The van der Waals surface area contributed by atoms with E-state index in [1.54, 1.807) is 0 Å². The molecule has 3 nitrogen and oxygen atoms in total. The highest BCUT2D eigenvalue weighted by atomic mass is 32.2. The first-order valence-electron chi connectivity index (χ1n) is 4.44. The van der Waals surface area contributed by atoms with Gasteiger partial charge in [-0.05, 0) is 11.7 Å². The van der Waals surface area contributed by atoms with Gasteiger partial charge in [0.25, 0.3) is 0 Å². The lowest BCUT2D eigenvalue weighted by Gasteiger charge is -2.20. The molecule has 0 aromatic carbocycles. The van der Waals surface area contributed by atoms with Gasteiger partial charge in [-0.2, -0.15) is 11.8 Å². The molecule has 2 N–H and O–H groups in total. The van der Waals surface area contributed by atoms with Crippen LogP contribution in [0, 0.1) is 5.92 Å². The molecule has 1 saturated heterocycles. The minimum Gasteiger partial charge on any atom is -0.303 e. The molecule has 0 aromatic heterocycles. The Bertz CT molecular complexity index is 124. The van der Waals surface area contributed by atoms with Crippen LogP contribution in [-0.2, 0) is 4.84 Å². The summed E-state index contributed by atoms with van der Waals surface area (Å²) in [4.78, 5) is 7.00. The number of nitrogens with two attached hydrogens (primary N) is 1. The quantitative estimate of drug-likeness (QED) is 0.660. The zero-order valence-corrected chi connectivity index (χ0v) is 8.48. The van der Waals surface area contributed by atoms with Crippen LogP contribution in [0.5, 0.6) is 0 Å². The fourth-order valence-corrected chi connectivity index (χ4v) is 2.51. The van der Waals surface area contributed by atoms with E-state index in [2.05, 4.69) is 16.7 Å². The van der Waals surface area contributed by atoms with Gasteiger partial charge in [-0.1, -0.05) is 6.92 Å². The van der Waals surface area contributed by atoms with E-state index in [-0.39, 0.29) is 0 Å². The topological polar surface area (TPSA) is 38.5 Å². The summed E-state index contributed by atoms with van der Waals surface area (Å²) in [6.45, 7) is 6.29. The molecule has 4 heteroatoms. The van der Waals surface area contributed by atoms with Crippen molar-refractivity contribution in [1.82, 2.24) is 4.90 Å². The predicted molar refractivity (Wildman–Crippen MR) is 53.1 cm³/mol. The maximum Gasteiger partial charge on any atom is 0.0806 e. The van der Waals surface area contributed by atoms with Crippen LogP contribution in [0.25, 0.3) is 0 Å². The van der Waals surface area contributed by atoms with Crippen LogP contribution in [0.3, 0.4) is 0 Å². The van der Waals surface area contributed by atoms with Crippen molar-refractivity contribution in [1.29, 1.82) is 0 Å². The highest BCUT2D eigenvalue weighted by molar-refractivity contribution is 7.99. The molecule has 0 amide bonds. The zero-order chi connectivity index (χ0) is 8.81. The van der Waals surface area contributed by atoms with Crippen molar-refractivity contribution < 1.29 is 4.84 Å². The van der Waals surface area contributed by atoms with Crippen molar-refractivity contribution in [3.05, 3.63) is 0 Å². The normalized spacial score (nSPS) is 27.0. The van der Waals surface area contributed by atoms with Crippen LogP contribution >= 0.6 is 11.8 Å². The van der Waals surface area contributed by atoms with E-state index in [1.807, 2.05) is 11.8 Å². The van der Waals surface area contributed by atoms with Gasteiger partial charge in [0.05, 0.1) is 6.61 Å². The van der Waals surface area contributed by atoms with Gasteiger partial charge in [0, 0.05) is 25.4 Å². The molecular weight excluding hydrogens is 172 g/mol. The number of rotatable bonds is 3. The smallest absolute Gasteiger partial charge is 0.0806 e. The number of hydrogen-bond acceptors (Lipinski definition) is 4. The van der Waals surface area contributed by atoms with Crippen LogP contribution < -0.4 is 5.90 Å². The summed E-state index contributed by atoms with van der Waals surface area (Å²) >= 11 is 2.05. The van der Waals surface area contributed by atoms with Gasteiger partial charge in [-0.3, -0.25) is 4.90 Å². The lowest BCUT2D eigenvalue weighted by atomic mass is 10.2. The monoisotopic (exact) mass is 190 g/mol. The van der Waals surface area contributed by atoms with E-state index in [4.69, 9.17) is 5.90 Å². The van der Waals surface area contributed by atoms with Crippen molar-refractivity contribution in [2.24, 2.45) is 11.8 Å². The Morgan fingerprint density at radius 2 is 2.50 bits per heavy atom. The second-order valence-electron chi connectivity index (χ2n) is 3.35. The molecule has 0 saturated carbocycles. The lowest BCUT2D eigenvalue weighted by Crippen LogP contribution is -2.32. The van der Waals surface area contributed by atoms with E-state index in [9.17, 15) is 0 Å². The molecule has 0 bridgehead atoms. The number of hydrogen-bond donors (Lipinski definition) is 1. The SMILES string of the molecule is CC1CSCCN(CCON)C1. The third-order valence-electron chi connectivity index (χ3n) is 2.05. The minimum absolute atomic E-state index is 0.650. The van der Waals surface area contributed by atoms with Gasteiger partial charge in [-0.15, -0.1) is 0 Å². The van der Waals surface area contributed by atoms with Crippen LogP contribution in [0.15, 0.2) is 0 Å². The molecule has 1 unspecified atom stereocenters. The summed E-state index contributed by atoms with van der Waals surface area (Å²) < 4.78 is 0. The van der Waals surface area contributed by atoms with Gasteiger partial charge in [0.2, 0.25) is 0 Å². The van der Waals surface area contributed by atoms with Crippen molar-refractivity contribution in [2.45, 2.75) is 6.92 Å². The Balaban J connectivity index is 2.21. The Labute approximate surface area is 78.6 Å². The molecule has 1 atom stereocenters.